The van der Waals surface area contributed by atoms with Crippen molar-refractivity contribution in [3.05, 3.63) is 36.8 Å². The summed E-state index contributed by atoms with van der Waals surface area (Å²) in [5.41, 5.74) is 1.82. The standard InChI is InChI=1S/C16H16N4OS2/c1-20(15(21)5-7-22-2)14-8-13-12(10-18-14)19-16(23-13)11-4-3-6-17-9-11/h3-4,6,8-10H,5,7H2,1-2H3. The van der Waals surface area contributed by atoms with Crippen molar-refractivity contribution in [2.75, 3.05) is 24.0 Å². The van der Waals surface area contributed by atoms with Crippen LogP contribution >= 0.6 is 23.1 Å². The molecule has 3 rings (SSSR count). The molecule has 0 aliphatic carbocycles. The summed E-state index contributed by atoms with van der Waals surface area (Å²) in [4.78, 5) is 26.8. The molecule has 23 heavy (non-hydrogen) atoms. The summed E-state index contributed by atoms with van der Waals surface area (Å²) >= 11 is 3.24. The van der Waals surface area contributed by atoms with Crippen LogP contribution in [0.3, 0.4) is 0 Å². The van der Waals surface area contributed by atoms with Crippen molar-refractivity contribution in [3.8, 4) is 10.6 Å². The quantitative estimate of drug-likeness (QED) is 0.709. The summed E-state index contributed by atoms with van der Waals surface area (Å²) in [5, 5.41) is 0.906. The molecule has 0 unspecified atom stereocenters. The molecule has 118 valence electrons. The number of thiazole rings is 1. The smallest absolute Gasteiger partial charge is 0.228 e. The van der Waals surface area contributed by atoms with Gasteiger partial charge in [-0.15, -0.1) is 11.3 Å². The number of rotatable bonds is 5. The van der Waals surface area contributed by atoms with Crippen LogP contribution < -0.4 is 4.90 Å². The van der Waals surface area contributed by atoms with E-state index in [0.29, 0.717) is 12.2 Å². The van der Waals surface area contributed by atoms with E-state index in [1.807, 2.05) is 24.5 Å². The van der Waals surface area contributed by atoms with Crippen molar-refractivity contribution in [1.29, 1.82) is 0 Å². The lowest BCUT2D eigenvalue weighted by Crippen LogP contribution is -2.27. The summed E-state index contributed by atoms with van der Waals surface area (Å²) in [6.07, 6.45) is 7.77. The highest BCUT2D eigenvalue weighted by molar-refractivity contribution is 7.98. The van der Waals surface area contributed by atoms with Crippen molar-refractivity contribution in [2.24, 2.45) is 0 Å². The molecule has 0 aliphatic heterocycles. The van der Waals surface area contributed by atoms with Gasteiger partial charge < -0.3 is 0 Å². The van der Waals surface area contributed by atoms with Crippen LogP contribution in [-0.4, -0.2) is 39.9 Å². The van der Waals surface area contributed by atoms with E-state index in [-0.39, 0.29) is 5.91 Å². The Kier molecular flexibility index (Phi) is 4.88. The summed E-state index contributed by atoms with van der Waals surface area (Å²) in [7, 11) is 1.76. The minimum Gasteiger partial charge on any atom is -0.300 e. The SMILES string of the molecule is CSCCC(=O)N(C)c1cc2sc(-c3cccnc3)nc2cn1. The molecule has 0 radical (unpaired) electrons. The molecule has 0 fully saturated rings. The molecular weight excluding hydrogens is 328 g/mol. The number of carbonyl (C=O) groups excluding carboxylic acids is 1. The number of aromatic nitrogens is 3. The average Bonchev–Trinajstić information content (AvgIpc) is 3.03. The fourth-order valence-corrected chi connectivity index (χ4v) is 3.44. The summed E-state index contributed by atoms with van der Waals surface area (Å²) in [5.74, 6) is 1.55. The third-order valence-electron chi connectivity index (χ3n) is 3.41. The highest BCUT2D eigenvalue weighted by atomic mass is 32.2. The Morgan fingerprint density at radius 2 is 2.26 bits per heavy atom. The third-order valence-corrected chi connectivity index (χ3v) is 5.09. The Bertz CT molecular complexity index is 819. The fourth-order valence-electron chi connectivity index (χ4n) is 2.10. The summed E-state index contributed by atoms with van der Waals surface area (Å²) in [6.45, 7) is 0. The maximum atomic E-state index is 12.1. The van der Waals surface area contributed by atoms with Crippen molar-refractivity contribution in [3.63, 3.8) is 0 Å². The molecule has 0 aliphatic rings. The van der Waals surface area contributed by atoms with Crippen LogP contribution in [0.1, 0.15) is 6.42 Å². The minimum absolute atomic E-state index is 0.0724. The Balaban J connectivity index is 1.89. The number of fused-ring (bicyclic) bond motifs is 1. The van der Waals surface area contributed by atoms with Gasteiger partial charge in [0.15, 0.2) is 0 Å². The highest BCUT2D eigenvalue weighted by Gasteiger charge is 2.14. The van der Waals surface area contributed by atoms with Gasteiger partial charge in [0.2, 0.25) is 5.91 Å². The zero-order valence-electron chi connectivity index (χ0n) is 12.9. The monoisotopic (exact) mass is 344 g/mol. The van der Waals surface area contributed by atoms with Crippen LogP contribution in [0, 0.1) is 0 Å². The first-order valence-electron chi connectivity index (χ1n) is 7.11. The molecule has 1 amide bonds. The van der Waals surface area contributed by atoms with E-state index in [1.165, 1.54) is 0 Å². The van der Waals surface area contributed by atoms with E-state index in [9.17, 15) is 4.79 Å². The van der Waals surface area contributed by atoms with Crippen LogP contribution in [0.5, 0.6) is 0 Å². The highest BCUT2D eigenvalue weighted by Crippen LogP contribution is 2.31. The Labute approximate surface area is 142 Å². The van der Waals surface area contributed by atoms with Gasteiger partial charge >= 0.3 is 0 Å². The van der Waals surface area contributed by atoms with Crippen molar-refractivity contribution in [2.45, 2.75) is 6.42 Å². The predicted molar refractivity (Wildman–Crippen MR) is 97.1 cm³/mol. The topological polar surface area (TPSA) is 59.0 Å². The second kappa shape index (κ2) is 7.06. The largest absolute Gasteiger partial charge is 0.300 e. The molecule has 3 heterocycles. The molecule has 0 saturated heterocycles. The summed E-state index contributed by atoms with van der Waals surface area (Å²) < 4.78 is 1.01. The van der Waals surface area contributed by atoms with Gasteiger partial charge in [-0.3, -0.25) is 14.7 Å². The molecule has 0 spiro atoms. The maximum Gasteiger partial charge on any atom is 0.228 e. The van der Waals surface area contributed by atoms with Gasteiger partial charge in [-0.25, -0.2) is 9.97 Å². The van der Waals surface area contributed by atoms with Gasteiger partial charge in [0.05, 0.1) is 10.9 Å². The van der Waals surface area contributed by atoms with Gasteiger partial charge in [-0.05, 0) is 18.4 Å². The number of thioether (sulfide) groups is 1. The molecule has 0 bridgehead atoms. The minimum atomic E-state index is 0.0724. The number of anilines is 1. The maximum absolute atomic E-state index is 12.1. The van der Waals surface area contributed by atoms with Gasteiger partial charge in [0.25, 0.3) is 0 Å². The van der Waals surface area contributed by atoms with Crippen molar-refractivity contribution < 1.29 is 4.79 Å². The van der Waals surface area contributed by atoms with E-state index in [1.54, 1.807) is 53.6 Å². The zero-order valence-corrected chi connectivity index (χ0v) is 14.5. The lowest BCUT2D eigenvalue weighted by molar-refractivity contribution is -0.117. The normalized spacial score (nSPS) is 10.9. The van der Waals surface area contributed by atoms with Crippen LogP contribution in [0.25, 0.3) is 20.8 Å². The molecular formula is C16H16N4OS2. The number of hydrogen-bond acceptors (Lipinski definition) is 6. The van der Waals surface area contributed by atoms with Crippen molar-refractivity contribution >= 4 is 45.0 Å². The first kappa shape index (κ1) is 15.9. The fraction of sp³-hybridized carbons (Fsp3) is 0.250. The van der Waals surface area contributed by atoms with Gasteiger partial charge in [-0.2, -0.15) is 11.8 Å². The van der Waals surface area contributed by atoms with E-state index in [0.717, 1.165) is 26.5 Å². The summed E-state index contributed by atoms with van der Waals surface area (Å²) in [6, 6.07) is 5.80. The Morgan fingerprint density at radius 3 is 3.00 bits per heavy atom. The number of nitrogens with zero attached hydrogens (tertiary/aromatic N) is 4. The number of carbonyl (C=O) groups is 1. The number of hydrogen-bond donors (Lipinski definition) is 0. The van der Waals surface area contributed by atoms with Crippen molar-refractivity contribution in [1.82, 2.24) is 15.0 Å². The third kappa shape index (κ3) is 3.51. The predicted octanol–water partition coefficient (Wildman–Crippen LogP) is 3.47. The van der Waals surface area contributed by atoms with E-state index >= 15 is 0 Å². The Morgan fingerprint density at radius 1 is 1.39 bits per heavy atom. The molecule has 5 nitrogen and oxygen atoms in total. The van der Waals surface area contributed by atoms with Crippen LogP contribution in [0.15, 0.2) is 36.8 Å². The molecule has 3 aromatic heterocycles. The second-order valence-corrected chi connectivity index (χ2v) is 6.98. The van der Waals surface area contributed by atoms with Crippen LogP contribution in [0.2, 0.25) is 0 Å². The van der Waals surface area contributed by atoms with E-state index < -0.39 is 0 Å². The molecule has 0 N–H and O–H groups in total. The van der Waals surface area contributed by atoms with Gasteiger partial charge in [0.1, 0.15) is 16.3 Å². The zero-order chi connectivity index (χ0) is 16.2. The second-order valence-electron chi connectivity index (χ2n) is 4.97. The lowest BCUT2D eigenvalue weighted by Gasteiger charge is -2.15. The van der Waals surface area contributed by atoms with Crippen LogP contribution in [-0.2, 0) is 4.79 Å². The Hall–Kier alpha value is -1.99. The molecule has 7 heteroatoms. The van der Waals surface area contributed by atoms with Gasteiger partial charge in [0, 0.05) is 43.2 Å². The van der Waals surface area contributed by atoms with Gasteiger partial charge in [-0.1, -0.05) is 0 Å². The van der Waals surface area contributed by atoms with E-state index in [4.69, 9.17) is 0 Å². The molecule has 0 aromatic carbocycles. The van der Waals surface area contributed by atoms with E-state index in [2.05, 4.69) is 15.0 Å². The molecule has 0 saturated carbocycles. The molecule has 3 aromatic rings. The first-order chi connectivity index (χ1) is 11.2. The average molecular weight is 344 g/mol. The number of amides is 1. The lowest BCUT2D eigenvalue weighted by atomic mass is 10.3. The number of pyridine rings is 2. The van der Waals surface area contributed by atoms with Crippen LogP contribution in [0.4, 0.5) is 5.82 Å². The molecule has 0 atom stereocenters. The first-order valence-corrected chi connectivity index (χ1v) is 9.32.